The second-order valence-electron chi connectivity index (χ2n) is 6.50. The molecule has 3 heterocycles. The fourth-order valence-corrected chi connectivity index (χ4v) is 3.63. The first-order valence-corrected chi connectivity index (χ1v) is 8.56. The third kappa shape index (κ3) is 4.26. The van der Waals surface area contributed by atoms with E-state index in [1.807, 2.05) is 11.0 Å². The number of aryl methyl sites for hydroxylation is 1. The number of aromatic nitrogens is 2. The largest absolute Gasteiger partial charge is 0.380 e. The molecule has 1 amide bonds. The molecule has 0 radical (unpaired) electrons. The average Bonchev–Trinajstić information content (AvgIpc) is 3.23. The molecule has 0 N–H and O–H groups in total. The van der Waals surface area contributed by atoms with Crippen LogP contribution in [0.1, 0.15) is 31.4 Å². The molecule has 0 bridgehead atoms. The molecule has 6 heteroatoms. The SMILES string of the molecule is CO[C@H]1C[C@@H](CN2CCCC2)N(C(=O)CCc2ccncn2)C1. The van der Waals surface area contributed by atoms with Gasteiger partial charge in [-0.1, -0.05) is 0 Å². The lowest BCUT2D eigenvalue weighted by atomic mass is 10.1. The quantitative estimate of drug-likeness (QED) is 0.787. The van der Waals surface area contributed by atoms with Crippen LogP contribution in [0.4, 0.5) is 0 Å². The van der Waals surface area contributed by atoms with Crippen LogP contribution in [0, 0.1) is 0 Å². The normalized spacial score (nSPS) is 25.2. The minimum absolute atomic E-state index is 0.172. The minimum Gasteiger partial charge on any atom is -0.380 e. The fourth-order valence-electron chi connectivity index (χ4n) is 3.63. The van der Waals surface area contributed by atoms with Gasteiger partial charge in [0.2, 0.25) is 5.91 Å². The van der Waals surface area contributed by atoms with Gasteiger partial charge in [-0.15, -0.1) is 0 Å². The number of methoxy groups -OCH3 is 1. The molecule has 0 aliphatic carbocycles. The lowest BCUT2D eigenvalue weighted by Crippen LogP contribution is -2.42. The highest BCUT2D eigenvalue weighted by Gasteiger charge is 2.36. The maximum atomic E-state index is 12.7. The van der Waals surface area contributed by atoms with Crippen molar-refractivity contribution in [1.82, 2.24) is 19.8 Å². The summed E-state index contributed by atoms with van der Waals surface area (Å²) in [5.41, 5.74) is 0.923. The van der Waals surface area contributed by atoms with Gasteiger partial charge in [-0.25, -0.2) is 9.97 Å². The number of carbonyl (C=O) groups is 1. The second-order valence-corrected chi connectivity index (χ2v) is 6.50. The zero-order chi connectivity index (χ0) is 16.1. The lowest BCUT2D eigenvalue weighted by Gasteiger charge is -2.28. The third-order valence-electron chi connectivity index (χ3n) is 4.94. The molecule has 0 saturated carbocycles. The van der Waals surface area contributed by atoms with Crippen molar-refractivity contribution in [3.05, 3.63) is 24.3 Å². The van der Waals surface area contributed by atoms with Crippen molar-refractivity contribution in [3.63, 3.8) is 0 Å². The summed E-state index contributed by atoms with van der Waals surface area (Å²) in [6.07, 6.45) is 8.12. The molecule has 0 spiro atoms. The molecule has 23 heavy (non-hydrogen) atoms. The van der Waals surface area contributed by atoms with E-state index in [0.29, 0.717) is 12.8 Å². The van der Waals surface area contributed by atoms with Crippen molar-refractivity contribution >= 4 is 5.91 Å². The van der Waals surface area contributed by atoms with Crippen LogP contribution in [-0.4, -0.2) is 71.1 Å². The molecule has 126 valence electrons. The predicted molar refractivity (Wildman–Crippen MR) is 86.9 cm³/mol. The topological polar surface area (TPSA) is 58.6 Å². The van der Waals surface area contributed by atoms with E-state index in [9.17, 15) is 4.79 Å². The standard InChI is InChI=1S/C17H26N4O2/c1-23-16-10-15(11-20-8-2-3-9-20)21(12-16)17(22)5-4-14-6-7-18-13-19-14/h6-7,13,15-16H,2-5,8-12H2,1H3/t15-,16-/m0/s1. The highest BCUT2D eigenvalue weighted by Crippen LogP contribution is 2.23. The summed E-state index contributed by atoms with van der Waals surface area (Å²) < 4.78 is 5.52. The number of hydrogen-bond donors (Lipinski definition) is 0. The summed E-state index contributed by atoms with van der Waals surface area (Å²) >= 11 is 0. The molecule has 2 fully saturated rings. The summed E-state index contributed by atoms with van der Waals surface area (Å²) in [6, 6.07) is 2.16. The van der Waals surface area contributed by atoms with Crippen molar-refractivity contribution in [3.8, 4) is 0 Å². The number of amides is 1. The van der Waals surface area contributed by atoms with Gasteiger partial charge in [0.05, 0.1) is 6.10 Å². The first-order valence-electron chi connectivity index (χ1n) is 8.56. The van der Waals surface area contributed by atoms with Crippen LogP contribution >= 0.6 is 0 Å². The van der Waals surface area contributed by atoms with Crippen LogP contribution in [0.5, 0.6) is 0 Å². The van der Waals surface area contributed by atoms with Gasteiger partial charge >= 0.3 is 0 Å². The first kappa shape index (κ1) is 16.3. The van der Waals surface area contributed by atoms with E-state index in [1.54, 1.807) is 13.3 Å². The molecule has 2 aliphatic rings. The number of ether oxygens (including phenoxy) is 1. The van der Waals surface area contributed by atoms with Gasteiger partial charge < -0.3 is 14.5 Å². The number of carbonyl (C=O) groups excluding carboxylic acids is 1. The van der Waals surface area contributed by atoms with Crippen LogP contribution in [0.15, 0.2) is 18.6 Å². The Bertz CT molecular complexity index is 505. The van der Waals surface area contributed by atoms with Crippen molar-refractivity contribution < 1.29 is 9.53 Å². The van der Waals surface area contributed by atoms with Crippen LogP contribution in [0.2, 0.25) is 0 Å². The van der Waals surface area contributed by atoms with Crippen LogP contribution < -0.4 is 0 Å². The van der Waals surface area contributed by atoms with E-state index in [1.165, 1.54) is 19.2 Å². The van der Waals surface area contributed by atoms with E-state index < -0.39 is 0 Å². The maximum Gasteiger partial charge on any atom is 0.223 e. The summed E-state index contributed by atoms with van der Waals surface area (Å²) in [7, 11) is 1.74. The van der Waals surface area contributed by atoms with Gasteiger partial charge in [-0.2, -0.15) is 0 Å². The molecule has 0 unspecified atom stereocenters. The van der Waals surface area contributed by atoms with Crippen molar-refractivity contribution in [2.75, 3.05) is 33.3 Å². The van der Waals surface area contributed by atoms with E-state index in [0.717, 1.165) is 38.3 Å². The molecular formula is C17H26N4O2. The Morgan fingerprint density at radius 1 is 1.39 bits per heavy atom. The lowest BCUT2D eigenvalue weighted by molar-refractivity contribution is -0.132. The molecule has 1 aromatic heterocycles. The van der Waals surface area contributed by atoms with E-state index >= 15 is 0 Å². The minimum atomic E-state index is 0.172. The van der Waals surface area contributed by atoms with Gasteiger partial charge in [-0.05, 0) is 44.8 Å². The van der Waals surface area contributed by atoms with Gasteiger partial charge in [0.25, 0.3) is 0 Å². The predicted octanol–water partition coefficient (Wildman–Crippen LogP) is 1.12. The van der Waals surface area contributed by atoms with Crippen LogP contribution in [-0.2, 0) is 16.0 Å². The zero-order valence-corrected chi connectivity index (χ0v) is 13.9. The fraction of sp³-hybridized carbons (Fsp3) is 0.706. The number of nitrogens with zero attached hydrogens (tertiary/aromatic N) is 4. The average molecular weight is 318 g/mol. The number of rotatable bonds is 6. The zero-order valence-electron chi connectivity index (χ0n) is 13.9. The Balaban J connectivity index is 1.56. The first-order chi connectivity index (χ1) is 11.3. The number of likely N-dealkylation sites (tertiary alicyclic amines) is 2. The summed E-state index contributed by atoms with van der Waals surface area (Å²) in [5.74, 6) is 0.215. The Hall–Kier alpha value is -1.53. The Morgan fingerprint density at radius 3 is 2.91 bits per heavy atom. The van der Waals surface area contributed by atoms with Crippen molar-refractivity contribution in [1.29, 1.82) is 0 Å². The van der Waals surface area contributed by atoms with Crippen LogP contribution in [0.3, 0.4) is 0 Å². The van der Waals surface area contributed by atoms with Crippen molar-refractivity contribution in [2.45, 2.75) is 44.2 Å². The van der Waals surface area contributed by atoms with E-state index in [4.69, 9.17) is 4.74 Å². The van der Waals surface area contributed by atoms with Gasteiger partial charge in [-0.3, -0.25) is 4.79 Å². The molecule has 2 atom stereocenters. The summed E-state index contributed by atoms with van der Waals surface area (Å²) in [4.78, 5) is 25.3. The monoisotopic (exact) mass is 318 g/mol. The maximum absolute atomic E-state index is 12.7. The molecule has 1 aromatic rings. The van der Waals surface area contributed by atoms with Gasteiger partial charge in [0, 0.05) is 44.6 Å². The van der Waals surface area contributed by atoms with Crippen LogP contribution in [0.25, 0.3) is 0 Å². The number of hydrogen-bond acceptors (Lipinski definition) is 5. The molecule has 2 saturated heterocycles. The van der Waals surface area contributed by atoms with E-state index in [2.05, 4.69) is 14.9 Å². The molecule has 6 nitrogen and oxygen atoms in total. The molecule has 0 aromatic carbocycles. The molecule has 3 rings (SSSR count). The van der Waals surface area contributed by atoms with E-state index in [-0.39, 0.29) is 18.1 Å². The highest BCUT2D eigenvalue weighted by molar-refractivity contribution is 5.77. The third-order valence-corrected chi connectivity index (χ3v) is 4.94. The molecule has 2 aliphatic heterocycles. The van der Waals surface area contributed by atoms with Crippen molar-refractivity contribution in [2.24, 2.45) is 0 Å². The molecular weight excluding hydrogens is 292 g/mol. The second kappa shape index (κ2) is 7.84. The Morgan fingerprint density at radius 2 is 2.22 bits per heavy atom. The summed E-state index contributed by atoms with van der Waals surface area (Å²) in [5, 5.41) is 0. The Labute approximate surface area is 137 Å². The highest BCUT2D eigenvalue weighted by atomic mass is 16.5. The summed E-state index contributed by atoms with van der Waals surface area (Å²) in [6.45, 7) is 4.03. The Kier molecular flexibility index (Phi) is 5.56. The van der Waals surface area contributed by atoms with Gasteiger partial charge in [0.15, 0.2) is 0 Å². The smallest absolute Gasteiger partial charge is 0.223 e. The van der Waals surface area contributed by atoms with Gasteiger partial charge in [0.1, 0.15) is 6.33 Å².